The summed E-state index contributed by atoms with van der Waals surface area (Å²) in [5.41, 5.74) is -0.790. The van der Waals surface area contributed by atoms with Gasteiger partial charge >= 0.3 is 6.18 Å². The summed E-state index contributed by atoms with van der Waals surface area (Å²) >= 11 is 0. The highest BCUT2D eigenvalue weighted by Gasteiger charge is 2.36. The lowest BCUT2D eigenvalue weighted by molar-refractivity contribution is -0.137. The van der Waals surface area contributed by atoms with Gasteiger partial charge in [-0.1, -0.05) is 0 Å². The fourth-order valence-electron chi connectivity index (χ4n) is 2.44. The van der Waals surface area contributed by atoms with Crippen LogP contribution >= 0.6 is 12.4 Å². The molecule has 24 heavy (non-hydrogen) atoms. The van der Waals surface area contributed by atoms with Crippen LogP contribution in [0.5, 0.6) is 0 Å². The first kappa shape index (κ1) is 18.2. The maximum atomic E-state index is 13.4. The van der Waals surface area contributed by atoms with Crippen LogP contribution in [0.3, 0.4) is 0 Å². The van der Waals surface area contributed by atoms with Gasteiger partial charge in [0, 0.05) is 44.0 Å². The fourth-order valence-corrected chi connectivity index (χ4v) is 2.44. The standard InChI is InChI=1S/C14H14F3N5O.ClH/c15-14(16,17)10-7-9(11-1-2-12(23)21-20-11)8-19-13(10)22-5-3-18-4-6-22;/h1-2,7-8,18H,3-6H2,(H,21,23);1H. The predicted octanol–water partition coefficient (Wildman–Crippen LogP) is 1.68. The van der Waals surface area contributed by atoms with Crippen LogP contribution in [-0.4, -0.2) is 41.4 Å². The molecule has 0 bridgehead atoms. The molecule has 2 aromatic rings. The van der Waals surface area contributed by atoms with Crippen molar-refractivity contribution in [1.29, 1.82) is 0 Å². The molecule has 0 radical (unpaired) electrons. The number of nitrogens with zero attached hydrogens (tertiary/aromatic N) is 3. The Morgan fingerprint density at radius 1 is 1.17 bits per heavy atom. The topological polar surface area (TPSA) is 73.9 Å². The van der Waals surface area contributed by atoms with Gasteiger partial charge in [0.25, 0.3) is 5.56 Å². The molecule has 3 heterocycles. The average molecular weight is 362 g/mol. The number of hydrogen-bond donors (Lipinski definition) is 2. The van der Waals surface area contributed by atoms with E-state index >= 15 is 0 Å². The molecule has 0 saturated carbocycles. The van der Waals surface area contributed by atoms with Gasteiger partial charge in [-0.2, -0.15) is 18.3 Å². The van der Waals surface area contributed by atoms with Crippen molar-refractivity contribution in [2.24, 2.45) is 0 Å². The molecule has 6 nitrogen and oxygen atoms in total. The van der Waals surface area contributed by atoms with E-state index in [-0.39, 0.29) is 29.5 Å². The second-order valence-corrected chi connectivity index (χ2v) is 5.14. The Morgan fingerprint density at radius 2 is 1.88 bits per heavy atom. The quantitative estimate of drug-likeness (QED) is 0.851. The number of aromatic nitrogens is 3. The summed E-state index contributed by atoms with van der Waals surface area (Å²) in [5.74, 6) is -0.0767. The summed E-state index contributed by atoms with van der Waals surface area (Å²) in [6.45, 7) is 2.16. The van der Waals surface area contributed by atoms with Gasteiger partial charge in [-0.25, -0.2) is 10.1 Å². The second kappa shape index (κ2) is 7.18. The van der Waals surface area contributed by atoms with Crippen LogP contribution < -0.4 is 15.8 Å². The van der Waals surface area contributed by atoms with Gasteiger partial charge in [0.2, 0.25) is 0 Å². The smallest absolute Gasteiger partial charge is 0.354 e. The number of alkyl halides is 3. The van der Waals surface area contributed by atoms with Gasteiger partial charge < -0.3 is 10.2 Å². The zero-order chi connectivity index (χ0) is 16.4. The highest BCUT2D eigenvalue weighted by Crippen LogP contribution is 2.37. The number of hydrogen-bond acceptors (Lipinski definition) is 5. The number of nitrogens with one attached hydrogen (secondary N) is 2. The molecule has 1 aliphatic rings. The summed E-state index contributed by atoms with van der Waals surface area (Å²) in [7, 11) is 0. The summed E-state index contributed by atoms with van der Waals surface area (Å²) in [4.78, 5) is 16.6. The lowest BCUT2D eigenvalue weighted by Crippen LogP contribution is -2.44. The van der Waals surface area contributed by atoms with Crippen molar-refractivity contribution < 1.29 is 13.2 Å². The van der Waals surface area contributed by atoms with E-state index in [0.717, 1.165) is 6.07 Å². The highest BCUT2D eigenvalue weighted by atomic mass is 35.5. The molecule has 3 rings (SSSR count). The lowest BCUT2D eigenvalue weighted by Gasteiger charge is -2.30. The Kier molecular flexibility index (Phi) is 5.45. The second-order valence-electron chi connectivity index (χ2n) is 5.14. The van der Waals surface area contributed by atoms with E-state index in [4.69, 9.17) is 0 Å². The molecule has 2 N–H and O–H groups in total. The van der Waals surface area contributed by atoms with Crippen molar-refractivity contribution in [2.75, 3.05) is 31.1 Å². The normalized spacial score (nSPS) is 15.0. The van der Waals surface area contributed by atoms with Gasteiger partial charge in [0.1, 0.15) is 5.82 Å². The van der Waals surface area contributed by atoms with Crippen molar-refractivity contribution in [3.63, 3.8) is 0 Å². The summed E-state index contributed by atoms with van der Waals surface area (Å²) < 4.78 is 40.2. The molecule has 1 saturated heterocycles. The van der Waals surface area contributed by atoms with Crippen molar-refractivity contribution in [3.8, 4) is 11.3 Å². The van der Waals surface area contributed by atoms with Crippen LogP contribution in [0, 0.1) is 0 Å². The largest absolute Gasteiger partial charge is 0.419 e. The van der Waals surface area contributed by atoms with Crippen LogP contribution in [0.15, 0.2) is 29.2 Å². The number of piperazine rings is 1. The van der Waals surface area contributed by atoms with E-state index in [1.165, 1.54) is 18.3 Å². The minimum absolute atomic E-state index is 0. The maximum Gasteiger partial charge on any atom is 0.419 e. The van der Waals surface area contributed by atoms with Gasteiger partial charge in [-0.3, -0.25) is 4.79 Å². The van der Waals surface area contributed by atoms with Crippen LogP contribution in [0.1, 0.15) is 5.56 Å². The molecule has 10 heteroatoms. The van der Waals surface area contributed by atoms with Crippen molar-refractivity contribution in [1.82, 2.24) is 20.5 Å². The van der Waals surface area contributed by atoms with Crippen LogP contribution in [0.2, 0.25) is 0 Å². The third kappa shape index (κ3) is 3.85. The molecule has 1 fully saturated rings. The Bertz CT molecular complexity index is 738. The van der Waals surface area contributed by atoms with E-state index in [9.17, 15) is 18.0 Å². The zero-order valence-corrected chi connectivity index (χ0v) is 13.2. The monoisotopic (exact) mass is 361 g/mol. The molecule has 2 aromatic heterocycles. The number of aromatic amines is 1. The molecule has 0 amide bonds. The molecular formula is C14H15ClF3N5O. The van der Waals surface area contributed by atoms with Crippen molar-refractivity contribution >= 4 is 18.2 Å². The van der Waals surface area contributed by atoms with Crippen molar-refractivity contribution in [2.45, 2.75) is 6.18 Å². The van der Waals surface area contributed by atoms with E-state index < -0.39 is 17.3 Å². The van der Waals surface area contributed by atoms with E-state index in [1.54, 1.807) is 4.90 Å². The first-order valence-electron chi connectivity index (χ1n) is 7.04. The van der Waals surface area contributed by atoms with Crippen LogP contribution in [0.4, 0.5) is 19.0 Å². The fraction of sp³-hybridized carbons (Fsp3) is 0.357. The van der Waals surface area contributed by atoms with E-state index in [1.807, 2.05) is 0 Å². The summed E-state index contributed by atoms with van der Waals surface area (Å²) in [5, 5.41) is 9.04. The summed E-state index contributed by atoms with van der Waals surface area (Å²) in [6, 6.07) is 3.59. The first-order chi connectivity index (χ1) is 10.9. The van der Waals surface area contributed by atoms with Crippen LogP contribution in [-0.2, 0) is 6.18 Å². The molecule has 0 aliphatic carbocycles. The van der Waals surface area contributed by atoms with Crippen molar-refractivity contribution in [3.05, 3.63) is 40.3 Å². The highest BCUT2D eigenvalue weighted by molar-refractivity contribution is 5.85. The van der Waals surface area contributed by atoms with Gasteiger partial charge in [0.05, 0.1) is 11.3 Å². The van der Waals surface area contributed by atoms with Gasteiger partial charge in [-0.05, 0) is 12.1 Å². The summed E-state index contributed by atoms with van der Waals surface area (Å²) in [6.07, 6.45) is -3.18. The Hall–Kier alpha value is -2.13. The Balaban J connectivity index is 0.00000208. The zero-order valence-electron chi connectivity index (χ0n) is 12.4. The molecule has 0 aromatic carbocycles. The molecule has 130 valence electrons. The molecular weight excluding hydrogens is 347 g/mol. The number of rotatable bonds is 2. The average Bonchev–Trinajstić information content (AvgIpc) is 2.55. The molecule has 1 aliphatic heterocycles. The maximum absolute atomic E-state index is 13.4. The number of halogens is 4. The molecule has 0 atom stereocenters. The van der Waals surface area contributed by atoms with E-state index in [2.05, 4.69) is 20.5 Å². The number of H-pyrrole nitrogens is 1. The minimum Gasteiger partial charge on any atom is -0.354 e. The number of anilines is 1. The predicted molar refractivity (Wildman–Crippen MR) is 85.4 cm³/mol. The Morgan fingerprint density at radius 3 is 2.46 bits per heavy atom. The van der Waals surface area contributed by atoms with Gasteiger partial charge in [-0.15, -0.1) is 12.4 Å². The first-order valence-corrected chi connectivity index (χ1v) is 7.04. The lowest BCUT2D eigenvalue weighted by atomic mass is 10.1. The third-order valence-corrected chi connectivity index (χ3v) is 3.56. The molecule has 0 spiro atoms. The van der Waals surface area contributed by atoms with Crippen LogP contribution in [0.25, 0.3) is 11.3 Å². The van der Waals surface area contributed by atoms with E-state index in [0.29, 0.717) is 26.2 Å². The number of pyridine rings is 1. The third-order valence-electron chi connectivity index (χ3n) is 3.56. The SMILES string of the molecule is Cl.O=c1ccc(-c2cnc(N3CCNCC3)c(C(F)(F)F)c2)n[nH]1. The van der Waals surface area contributed by atoms with Gasteiger partial charge in [0.15, 0.2) is 0 Å². The molecule has 0 unspecified atom stereocenters. The Labute approximate surface area is 141 Å². The minimum atomic E-state index is -4.52.